The minimum Gasteiger partial charge on any atom is -0.356 e. The highest BCUT2D eigenvalue weighted by Gasteiger charge is 2.55. The van der Waals surface area contributed by atoms with Crippen molar-refractivity contribution in [3.05, 3.63) is 35.4 Å². The van der Waals surface area contributed by atoms with E-state index in [2.05, 4.69) is 55.3 Å². The summed E-state index contributed by atoms with van der Waals surface area (Å²) in [5, 5.41) is 12.6. The van der Waals surface area contributed by atoms with Crippen LogP contribution in [0, 0.1) is 11.3 Å². The molecule has 29 heavy (non-hydrogen) atoms. The Hall–Kier alpha value is -1.43. The van der Waals surface area contributed by atoms with Gasteiger partial charge in [0.05, 0.1) is 6.61 Å². The highest BCUT2D eigenvalue weighted by Crippen LogP contribution is 2.56. The van der Waals surface area contributed by atoms with E-state index in [0.29, 0.717) is 23.8 Å². The molecule has 1 aromatic carbocycles. The fourth-order valence-corrected chi connectivity index (χ4v) is 6.07. The van der Waals surface area contributed by atoms with Gasteiger partial charge in [-0.3, -0.25) is 10.1 Å². The number of nitrogens with one attached hydrogen (secondary N) is 1. The fraction of sp³-hybridized carbons (Fsp3) is 0.708. The van der Waals surface area contributed by atoms with Crippen molar-refractivity contribution in [3.8, 4) is 0 Å². The molecule has 4 aliphatic rings. The van der Waals surface area contributed by atoms with Gasteiger partial charge in [-0.15, -0.1) is 0 Å². The van der Waals surface area contributed by atoms with Crippen molar-refractivity contribution in [2.45, 2.75) is 76.2 Å². The van der Waals surface area contributed by atoms with Crippen LogP contribution in [0.3, 0.4) is 0 Å². The molecular weight excluding hydrogens is 364 g/mol. The third kappa shape index (κ3) is 3.41. The lowest BCUT2D eigenvalue weighted by Crippen LogP contribution is -2.58. The zero-order valence-corrected chi connectivity index (χ0v) is 17.9. The number of carbonyl (C=O) groups excluding carboxylic acids is 1. The Kier molecular flexibility index (Phi) is 4.40. The Balaban J connectivity index is 1.16. The van der Waals surface area contributed by atoms with Crippen LogP contribution in [0.2, 0.25) is 0 Å². The van der Waals surface area contributed by atoms with E-state index in [1.54, 1.807) is 0 Å². The summed E-state index contributed by atoms with van der Waals surface area (Å²) in [5.74, 6) is 1.04. The molecule has 2 spiro atoms. The standard InChI is InChI=1S/C24H34N2O3/c1-22(2,3)19-6-4-5-16(9-19)17-10-23(11-17)7-8-26(14-23)20(27)18-12-24(13-18)15-29-21(28)25-24/h4-6,9,17-18,21,25,28H,7-8,10-15H2,1-3H3. The van der Waals surface area contributed by atoms with Crippen molar-refractivity contribution in [3.63, 3.8) is 0 Å². The third-order valence-corrected chi connectivity index (χ3v) is 7.90. The molecule has 2 saturated heterocycles. The molecule has 1 atom stereocenters. The number of benzene rings is 1. The Morgan fingerprint density at radius 2 is 2.00 bits per heavy atom. The number of ether oxygens (including phenoxy) is 1. The molecule has 2 saturated carbocycles. The highest BCUT2D eigenvalue weighted by molar-refractivity contribution is 5.80. The number of hydrogen-bond donors (Lipinski definition) is 2. The van der Waals surface area contributed by atoms with Crippen molar-refractivity contribution >= 4 is 5.91 Å². The van der Waals surface area contributed by atoms with Crippen LogP contribution in [0.15, 0.2) is 24.3 Å². The van der Waals surface area contributed by atoms with E-state index in [1.807, 2.05) is 0 Å². The van der Waals surface area contributed by atoms with E-state index < -0.39 is 6.41 Å². The summed E-state index contributed by atoms with van der Waals surface area (Å²) in [7, 11) is 0. The van der Waals surface area contributed by atoms with Gasteiger partial charge in [-0.2, -0.15) is 0 Å². The van der Waals surface area contributed by atoms with Gasteiger partial charge in [0.25, 0.3) is 0 Å². The summed E-state index contributed by atoms with van der Waals surface area (Å²) in [4.78, 5) is 15.1. The maximum absolute atomic E-state index is 13.0. The summed E-state index contributed by atoms with van der Waals surface area (Å²) in [5.41, 5.74) is 3.23. The number of aliphatic hydroxyl groups is 1. The molecule has 158 valence electrons. The van der Waals surface area contributed by atoms with Crippen LogP contribution >= 0.6 is 0 Å². The van der Waals surface area contributed by atoms with Crippen LogP contribution in [0.5, 0.6) is 0 Å². The lowest BCUT2D eigenvalue weighted by Gasteiger charge is -2.47. The maximum Gasteiger partial charge on any atom is 0.225 e. The second-order valence-electron chi connectivity index (χ2n) is 11.2. The fourth-order valence-electron chi connectivity index (χ4n) is 6.07. The quantitative estimate of drug-likeness (QED) is 0.804. The monoisotopic (exact) mass is 398 g/mol. The molecule has 1 aromatic rings. The minimum atomic E-state index is -0.871. The van der Waals surface area contributed by atoms with E-state index in [-0.39, 0.29) is 16.9 Å². The summed E-state index contributed by atoms with van der Waals surface area (Å²) in [6, 6.07) is 9.12. The molecule has 5 heteroatoms. The number of hydrogen-bond acceptors (Lipinski definition) is 4. The summed E-state index contributed by atoms with van der Waals surface area (Å²) < 4.78 is 5.23. The largest absolute Gasteiger partial charge is 0.356 e. The van der Waals surface area contributed by atoms with Gasteiger partial charge < -0.3 is 14.7 Å². The van der Waals surface area contributed by atoms with Crippen LogP contribution < -0.4 is 5.32 Å². The van der Waals surface area contributed by atoms with E-state index in [1.165, 1.54) is 24.0 Å². The molecule has 0 aromatic heterocycles. The second kappa shape index (κ2) is 6.53. The van der Waals surface area contributed by atoms with Crippen molar-refractivity contribution in [2.75, 3.05) is 19.7 Å². The van der Waals surface area contributed by atoms with Crippen molar-refractivity contribution in [2.24, 2.45) is 11.3 Å². The maximum atomic E-state index is 13.0. The van der Waals surface area contributed by atoms with Gasteiger partial charge in [0.1, 0.15) is 0 Å². The number of nitrogens with zero attached hydrogens (tertiary/aromatic N) is 1. The van der Waals surface area contributed by atoms with Crippen molar-refractivity contribution in [1.29, 1.82) is 0 Å². The van der Waals surface area contributed by atoms with E-state index in [9.17, 15) is 9.90 Å². The van der Waals surface area contributed by atoms with Gasteiger partial charge in [-0.05, 0) is 60.0 Å². The first-order chi connectivity index (χ1) is 13.7. The molecule has 0 radical (unpaired) electrons. The Morgan fingerprint density at radius 1 is 1.24 bits per heavy atom. The first kappa shape index (κ1) is 19.5. The van der Waals surface area contributed by atoms with Crippen LogP contribution in [-0.2, 0) is 14.9 Å². The second-order valence-corrected chi connectivity index (χ2v) is 11.2. The lowest BCUT2D eigenvalue weighted by molar-refractivity contribution is -0.140. The first-order valence-electron chi connectivity index (χ1n) is 11.1. The molecule has 5 nitrogen and oxygen atoms in total. The lowest BCUT2D eigenvalue weighted by atomic mass is 9.59. The van der Waals surface area contributed by atoms with Gasteiger partial charge >= 0.3 is 0 Å². The molecule has 0 bridgehead atoms. The summed E-state index contributed by atoms with van der Waals surface area (Å²) in [6.45, 7) is 9.16. The average molecular weight is 399 g/mol. The summed E-state index contributed by atoms with van der Waals surface area (Å²) in [6.07, 6.45) is 4.26. The van der Waals surface area contributed by atoms with E-state index >= 15 is 0 Å². The summed E-state index contributed by atoms with van der Waals surface area (Å²) >= 11 is 0. The number of carbonyl (C=O) groups is 1. The average Bonchev–Trinajstić information content (AvgIpc) is 3.22. The molecule has 2 aliphatic carbocycles. The number of likely N-dealkylation sites (tertiary alicyclic amines) is 1. The van der Waals surface area contributed by atoms with Gasteiger partial charge in [0.15, 0.2) is 0 Å². The number of amides is 1. The molecule has 2 aliphatic heterocycles. The molecule has 5 rings (SSSR count). The molecule has 2 N–H and O–H groups in total. The number of aliphatic hydroxyl groups excluding tert-OH is 1. The van der Waals surface area contributed by atoms with Crippen molar-refractivity contribution in [1.82, 2.24) is 10.2 Å². The predicted octanol–water partition coefficient (Wildman–Crippen LogP) is 3.12. The molecule has 2 heterocycles. The number of rotatable bonds is 2. The first-order valence-corrected chi connectivity index (χ1v) is 11.1. The Bertz CT molecular complexity index is 803. The third-order valence-electron chi connectivity index (χ3n) is 7.90. The van der Waals surface area contributed by atoms with Crippen LogP contribution in [0.25, 0.3) is 0 Å². The van der Waals surface area contributed by atoms with Gasteiger partial charge in [-0.1, -0.05) is 45.0 Å². The van der Waals surface area contributed by atoms with Gasteiger partial charge in [-0.25, -0.2) is 0 Å². The predicted molar refractivity (Wildman–Crippen MR) is 111 cm³/mol. The molecule has 1 amide bonds. The van der Waals surface area contributed by atoms with E-state index in [4.69, 9.17) is 4.74 Å². The Morgan fingerprint density at radius 3 is 2.66 bits per heavy atom. The zero-order valence-electron chi connectivity index (χ0n) is 17.9. The minimum absolute atomic E-state index is 0.0888. The topological polar surface area (TPSA) is 61.8 Å². The van der Waals surface area contributed by atoms with Gasteiger partial charge in [0, 0.05) is 24.5 Å². The van der Waals surface area contributed by atoms with Crippen molar-refractivity contribution < 1.29 is 14.6 Å². The molecule has 1 unspecified atom stereocenters. The highest BCUT2D eigenvalue weighted by atomic mass is 16.6. The van der Waals surface area contributed by atoms with Crippen LogP contribution in [-0.4, -0.2) is 47.6 Å². The zero-order chi connectivity index (χ0) is 20.4. The van der Waals surface area contributed by atoms with Crippen LogP contribution in [0.4, 0.5) is 0 Å². The smallest absolute Gasteiger partial charge is 0.225 e. The molecule has 4 fully saturated rings. The van der Waals surface area contributed by atoms with E-state index in [0.717, 1.165) is 32.4 Å². The normalized spacial score (nSPS) is 39.0. The SMILES string of the molecule is CC(C)(C)c1cccc(C2CC3(CCN(C(=O)C4CC5(COC(O)N5)C4)C3)C2)c1. The Labute approximate surface area is 173 Å². The van der Waals surface area contributed by atoms with Crippen LogP contribution in [0.1, 0.15) is 69.9 Å². The molecular formula is C24H34N2O3. The van der Waals surface area contributed by atoms with Gasteiger partial charge in [0.2, 0.25) is 12.3 Å².